The van der Waals surface area contributed by atoms with Crippen molar-refractivity contribution in [1.29, 1.82) is 0 Å². The Labute approximate surface area is 216 Å². The Bertz CT molecular complexity index is 1810. The highest BCUT2D eigenvalue weighted by Crippen LogP contribution is 2.39. The first-order valence-corrected chi connectivity index (χ1v) is 12.7. The van der Waals surface area contributed by atoms with Gasteiger partial charge in [0.2, 0.25) is 0 Å². The monoisotopic (exact) mass is 471 g/mol. The van der Waals surface area contributed by atoms with E-state index in [0.717, 1.165) is 17.1 Å². The minimum absolute atomic E-state index is 1.14. The van der Waals surface area contributed by atoms with Crippen LogP contribution in [0.5, 0.6) is 0 Å². The fourth-order valence-electron chi connectivity index (χ4n) is 5.51. The van der Waals surface area contributed by atoms with E-state index in [1.54, 1.807) is 0 Å². The Balaban J connectivity index is 1.37. The SMILES string of the molecule is c1ccc(N(c2ccccc2)c2ccc(-c3cccc4c3ccc3ccc5ccccc5c34)cc2)cc1. The molecule has 1 heteroatoms. The van der Waals surface area contributed by atoms with E-state index in [1.807, 2.05) is 0 Å². The maximum absolute atomic E-state index is 2.30. The highest BCUT2D eigenvalue weighted by molar-refractivity contribution is 6.22. The van der Waals surface area contributed by atoms with Crippen LogP contribution in [0.4, 0.5) is 17.1 Å². The van der Waals surface area contributed by atoms with E-state index in [9.17, 15) is 0 Å². The van der Waals surface area contributed by atoms with Crippen LogP contribution in [0, 0.1) is 0 Å². The average molecular weight is 472 g/mol. The summed E-state index contributed by atoms with van der Waals surface area (Å²) in [7, 11) is 0. The zero-order valence-electron chi connectivity index (χ0n) is 20.4. The number of anilines is 3. The van der Waals surface area contributed by atoms with Gasteiger partial charge in [-0.1, -0.05) is 115 Å². The van der Waals surface area contributed by atoms with Crippen LogP contribution in [0.1, 0.15) is 0 Å². The van der Waals surface area contributed by atoms with E-state index < -0.39 is 0 Å². The fraction of sp³-hybridized carbons (Fsp3) is 0. The maximum Gasteiger partial charge on any atom is 0.0462 e. The molecule has 7 rings (SSSR count). The first-order valence-electron chi connectivity index (χ1n) is 12.7. The number of rotatable bonds is 4. The number of fused-ring (bicyclic) bond motifs is 5. The molecule has 0 aliphatic rings. The van der Waals surface area contributed by atoms with Gasteiger partial charge < -0.3 is 4.90 Å². The predicted octanol–water partition coefficient (Wildman–Crippen LogP) is 10.3. The van der Waals surface area contributed by atoms with Crippen molar-refractivity contribution in [3.8, 4) is 11.1 Å². The number of para-hydroxylation sites is 2. The van der Waals surface area contributed by atoms with Gasteiger partial charge in [-0.2, -0.15) is 0 Å². The van der Waals surface area contributed by atoms with E-state index in [-0.39, 0.29) is 0 Å². The van der Waals surface area contributed by atoms with Crippen LogP contribution in [0.3, 0.4) is 0 Å². The number of hydrogen-bond donors (Lipinski definition) is 0. The van der Waals surface area contributed by atoms with Crippen LogP contribution in [0.15, 0.2) is 152 Å². The molecule has 7 aromatic rings. The molecule has 0 saturated heterocycles. The van der Waals surface area contributed by atoms with Crippen molar-refractivity contribution in [2.45, 2.75) is 0 Å². The van der Waals surface area contributed by atoms with Gasteiger partial charge in [-0.25, -0.2) is 0 Å². The third-order valence-corrected chi connectivity index (χ3v) is 7.23. The second kappa shape index (κ2) is 8.96. The van der Waals surface area contributed by atoms with E-state index in [0.29, 0.717) is 0 Å². The third-order valence-electron chi connectivity index (χ3n) is 7.23. The summed E-state index contributed by atoms with van der Waals surface area (Å²) in [6.07, 6.45) is 0. The van der Waals surface area contributed by atoms with Crippen molar-refractivity contribution >= 4 is 49.4 Å². The molecule has 174 valence electrons. The molecule has 0 aliphatic heterocycles. The van der Waals surface area contributed by atoms with Crippen molar-refractivity contribution in [1.82, 2.24) is 0 Å². The molecule has 0 N–H and O–H groups in total. The Morgan fingerprint density at radius 3 is 1.62 bits per heavy atom. The van der Waals surface area contributed by atoms with E-state index in [4.69, 9.17) is 0 Å². The van der Waals surface area contributed by atoms with Gasteiger partial charge in [0.25, 0.3) is 0 Å². The standard InChI is InChI=1S/C36H25N/c1-3-11-29(12-4-1)37(30-13-5-2-6-14-30)31-23-20-27(21-24-31)32-16-9-17-35-34(32)25-22-28-19-18-26-10-7-8-15-33(26)36(28)35/h1-25H. The van der Waals surface area contributed by atoms with Crippen LogP contribution in [-0.2, 0) is 0 Å². The fourth-order valence-corrected chi connectivity index (χ4v) is 5.51. The molecule has 7 aromatic carbocycles. The number of benzene rings is 7. The van der Waals surface area contributed by atoms with Gasteiger partial charge in [0.15, 0.2) is 0 Å². The molecular formula is C36H25N. The summed E-state index contributed by atoms with van der Waals surface area (Å²) in [6, 6.07) is 54.4. The van der Waals surface area contributed by atoms with Crippen LogP contribution in [0.2, 0.25) is 0 Å². The number of nitrogens with zero attached hydrogens (tertiary/aromatic N) is 1. The van der Waals surface area contributed by atoms with Gasteiger partial charge in [-0.3, -0.25) is 0 Å². The summed E-state index contributed by atoms with van der Waals surface area (Å²) in [6.45, 7) is 0. The largest absolute Gasteiger partial charge is 0.311 e. The third kappa shape index (κ3) is 3.73. The summed E-state index contributed by atoms with van der Waals surface area (Å²) >= 11 is 0. The highest BCUT2D eigenvalue weighted by Gasteiger charge is 2.13. The zero-order chi connectivity index (χ0) is 24.6. The molecule has 0 aromatic heterocycles. The summed E-state index contributed by atoms with van der Waals surface area (Å²) in [5.74, 6) is 0. The minimum atomic E-state index is 1.14. The van der Waals surface area contributed by atoms with E-state index in [1.165, 1.54) is 43.4 Å². The maximum atomic E-state index is 2.30. The van der Waals surface area contributed by atoms with Crippen molar-refractivity contribution in [2.75, 3.05) is 4.90 Å². The molecule has 0 amide bonds. The van der Waals surface area contributed by atoms with Crippen LogP contribution in [0.25, 0.3) is 43.4 Å². The normalized spacial score (nSPS) is 11.2. The summed E-state index contributed by atoms with van der Waals surface area (Å²) < 4.78 is 0. The topological polar surface area (TPSA) is 3.24 Å². The highest BCUT2D eigenvalue weighted by atomic mass is 15.1. The van der Waals surface area contributed by atoms with Crippen molar-refractivity contribution in [2.24, 2.45) is 0 Å². The lowest BCUT2D eigenvalue weighted by molar-refractivity contribution is 1.28. The lowest BCUT2D eigenvalue weighted by Crippen LogP contribution is -2.09. The van der Waals surface area contributed by atoms with Crippen molar-refractivity contribution < 1.29 is 0 Å². The molecule has 0 unspecified atom stereocenters. The molecule has 0 spiro atoms. The first-order chi connectivity index (χ1) is 18.4. The van der Waals surface area contributed by atoms with E-state index in [2.05, 4.69) is 157 Å². The predicted molar refractivity (Wildman–Crippen MR) is 159 cm³/mol. The van der Waals surface area contributed by atoms with Crippen LogP contribution in [-0.4, -0.2) is 0 Å². The smallest absolute Gasteiger partial charge is 0.0462 e. The zero-order valence-corrected chi connectivity index (χ0v) is 20.4. The lowest BCUT2D eigenvalue weighted by Gasteiger charge is -2.25. The second-order valence-electron chi connectivity index (χ2n) is 9.40. The Morgan fingerprint density at radius 2 is 0.892 bits per heavy atom. The average Bonchev–Trinajstić information content (AvgIpc) is 2.98. The minimum Gasteiger partial charge on any atom is -0.311 e. The Kier molecular flexibility index (Phi) is 5.19. The molecule has 0 fully saturated rings. The van der Waals surface area contributed by atoms with Gasteiger partial charge in [0, 0.05) is 17.1 Å². The van der Waals surface area contributed by atoms with E-state index >= 15 is 0 Å². The van der Waals surface area contributed by atoms with Gasteiger partial charge in [0.1, 0.15) is 0 Å². The van der Waals surface area contributed by atoms with Crippen molar-refractivity contribution in [3.05, 3.63) is 152 Å². The number of hydrogen-bond acceptors (Lipinski definition) is 1. The van der Waals surface area contributed by atoms with Crippen LogP contribution < -0.4 is 4.90 Å². The quantitative estimate of drug-likeness (QED) is 0.231. The molecule has 0 bridgehead atoms. The molecule has 0 atom stereocenters. The molecule has 37 heavy (non-hydrogen) atoms. The molecular weight excluding hydrogens is 446 g/mol. The second-order valence-corrected chi connectivity index (χ2v) is 9.40. The van der Waals surface area contributed by atoms with Crippen LogP contribution >= 0.6 is 0 Å². The van der Waals surface area contributed by atoms with Gasteiger partial charge in [-0.05, 0) is 79.8 Å². The Hall–Kier alpha value is -4.88. The summed E-state index contributed by atoms with van der Waals surface area (Å²) in [5, 5.41) is 7.76. The summed E-state index contributed by atoms with van der Waals surface area (Å²) in [4.78, 5) is 2.30. The molecule has 0 saturated carbocycles. The molecule has 0 aliphatic carbocycles. The molecule has 1 nitrogen and oxygen atoms in total. The summed E-state index contributed by atoms with van der Waals surface area (Å²) in [5.41, 5.74) is 5.90. The van der Waals surface area contributed by atoms with Gasteiger partial charge in [-0.15, -0.1) is 0 Å². The van der Waals surface area contributed by atoms with Gasteiger partial charge >= 0.3 is 0 Å². The molecule has 0 radical (unpaired) electrons. The first kappa shape index (κ1) is 21.4. The lowest BCUT2D eigenvalue weighted by atomic mass is 9.92. The Morgan fingerprint density at radius 1 is 0.324 bits per heavy atom. The van der Waals surface area contributed by atoms with Gasteiger partial charge in [0.05, 0.1) is 0 Å². The molecule has 0 heterocycles. The van der Waals surface area contributed by atoms with Crippen molar-refractivity contribution in [3.63, 3.8) is 0 Å².